The van der Waals surface area contributed by atoms with E-state index in [1.165, 1.54) is 44.5 Å². The van der Waals surface area contributed by atoms with Gasteiger partial charge in [-0.05, 0) is 74.8 Å². The van der Waals surface area contributed by atoms with Crippen molar-refractivity contribution in [3.63, 3.8) is 0 Å². The number of hydrogen-bond donors (Lipinski definition) is 0. The van der Waals surface area contributed by atoms with Gasteiger partial charge in [-0.15, -0.1) is 0 Å². The average Bonchev–Trinajstić information content (AvgIpc) is 3.66. The second-order valence-corrected chi connectivity index (χ2v) is 14.2. The smallest absolute Gasteiger partial charge is 0.161 e. The van der Waals surface area contributed by atoms with Gasteiger partial charge in [0.25, 0.3) is 0 Å². The molecule has 0 amide bonds. The molecule has 2 aromatic heterocycles. The molecule has 6 aromatic carbocycles. The van der Waals surface area contributed by atoms with E-state index in [1.807, 2.05) is 0 Å². The highest BCUT2D eigenvalue weighted by Crippen LogP contribution is 2.52. The number of hydrogen-bond acceptors (Lipinski definition) is 3. The van der Waals surface area contributed by atoms with E-state index in [0.717, 1.165) is 49.7 Å². The maximum atomic E-state index is 6.58. The first kappa shape index (κ1) is 26.7. The lowest BCUT2D eigenvalue weighted by atomic mass is 9.82. The SMILES string of the molecule is CC1(C)c2ccccc2-c2ccc(-c3nc(-c4cccc5oc6cc7c(cc6c45)-c4ccccc4C7(C)C)nc4ccccc34)cc21. The Morgan fingerprint density at radius 2 is 1.11 bits per heavy atom. The first-order valence-corrected chi connectivity index (χ1v) is 16.4. The summed E-state index contributed by atoms with van der Waals surface area (Å²) in [6.07, 6.45) is 0. The molecule has 0 radical (unpaired) electrons. The lowest BCUT2D eigenvalue weighted by Crippen LogP contribution is -2.15. The van der Waals surface area contributed by atoms with Crippen LogP contribution < -0.4 is 0 Å². The summed E-state index contributed by atoms with van der Waals surface area (Å²) >= 11 is 0. The molecule has 0 N–H and O–H groups in total. The first-order chi connectivity index (χ1) is 22.8. The van der Waals surface area contributed by atoms with Crippen LogP contribution in [0.4, 0.5) is 0 Å². The van der Waals surface area contributed by atoms with E-state index in [2.05, 4.69) is 149 Å². The highest BCUT2D eigenvalue weighted by molar-refractivity contribution is 6.14. The van der Waals surface area contributed by atoms with E-state index >= 15 is 0 Å². The summed E-state index contributed by atoms with van der Waals surface area (Å²) in [6.45, 7) is 9.26. The molecule has 0 fully saturated rings. The van der Waals surface area contributed by atoms with E-state index < -0.39 is 0 Å². The van der Waals surface area contributed by atoms with Gasteiger partial charge in [-0.3, -0.25) is 0 Å². The van der Waals surface area contributed by atoms with Gasteiger partial charge in [0.15, 0.2) is 5.82 Å². The Labute approximate surface area is 273 Å². The predicted molar refractivity (Wildman–Crippen MR) is 193 cm³/mol. The highest BCUT2D eigenvalue weighted by atomic mass is 16.3. The Kier molecular flexibility index (Phi) is 5.13. The maximum absolute atomic E-state index is 6.58. The summed E-state index contributed by atoms with van der Waals surface area (Å²) in [5.74, 6) is 0.705. The third kappa shape index (κ3) is 3.52. The van der Waals surface area contributed by atoms with Crippen LogP contribution in [-0.4, -0.2) is 9.97 Å². The summed E-state index contributed by atoms with van der Waals surface area (Å²) in [7, 11) is 0. The van der Waals surface area contributed by atoms with Crippen molar-refractivity contribution in [1.82, 2.24) is 9.97 Å². The number of benzene rings is 6. The lowest BCUT2D eigenvalue weighted by molar-refractivity contribution is 0.647. The Bertz CT molecular complexity index is 2640. The topological polar surface area (TPSA) is 38.9 Å². The third-order valence-electron chi connectivity index (χ3n) is 10.9. The first-order valence-electron chi connectivity index (χ1n) is 16.4. The van der Waals surface area contributed by atoms with E-state index in [1.54, 1.807) is 0 Å². The maximum Gasteiger partial charge on any atom is 0.161 e. The molecular weight excluding hydrogens is 572 g/mol. The van der Waals surface area contributed by atoms with Gasteiger partial charge >= 0.3 is 0 Å². The van der Waals surface area contributed by atoms with Crippen LogP contribution in [0.3, 0.4) is 0 Å². The van der Waals surface area contributed by atoms with E-state index in [0.29, 0.717) is 5.82 Å². The molecule has 0 bridgehead atoms. The Morgan fingerprint density at radius 3 is 1.89 bits per heavy atom. The fourth-order valence-electron chi connectivity index (χ4n) is 8.48. The molecule has 2 aliphatic carbocycles. The lowest BCUT2D eigenvalue weighted by Gasteiger charge is -2.22. The van der Waals surface area contributed by atoms with Crippen molar-refractivity contribution >= 4 is 32.8 Å². The van der Waals surface area contributed by atoms with Crippen molar-refractivity contribution in [3.05, 3.63) is 144 Å². The van der Waals surface area contributed by atoms with Crippen LogP contribution in [0, 0.1) is 0 Å². The van der Waals surface area contributed by atoms with Crippen LogP contribution in [0.1, 0.15) is 49.9 Å². The number of para-hydroxylation sites is 1. The number of rotatable bonds is 2. The standard InChI is InChI=1S/C44H32N2O/c1-43(2)33-16-8-5-12-26(33)28-21-20-25(22-35(28)43)41-29-14-7-10-18-37(29)45-42(46-41)30-15-11-19-38-40(30)32-23-31-27-13-6-9-17-34(27)44(3,4)36(31)24-39(32)47-38/h5-24H,1-4H3. The van der Waals surface area contributed by atoms with Gasteiger partial charge in [-0.2, -0.15) is 0 Å². The molecule has 3 heteroatoms. The molecule has 2 heterocycles. The Morgan fingerprint density at radius 1 is 0.468 bits per heavy atom. The summed E-state index contributed by atoms with van der Waals surface area (Å²) in [5, 5.41) is 3.20. The van der Waals surface area contributed by atoms with Crippen molar-refractivity contribution in [1.29, 1.82) is 0 Å². The van der Waals surface area contributed by atoms with Crippen molar-refractivity contribution < 1.29 is 4.42 Å². The van der Waals surface area contributed by atoms with Crippen LogP contribution >= 0.6 is 0 Å². The molecule has 2 aliphatic rings. The van der Waals surface area contributed by atoms with Crippen LogP contribution in [0.2, 0.25) is 0 Å². The van der Waals surface area contributed by atoms with Crippen molar-refractivity contribution in [2.75, 3.05) is 0 Å². The normalized spacial score (nSPS) is 15.1. The molecule has 47 heavy (non-hydrogen) atoms. The van der Waals surface area contributed by atoms with Gasteiger partial charge in [0.05, 0.1) is 11.2 Å². The van der Waals surface area contributed by atoms with Gasteiger partial charge in [-0.1, -0.05) is 119 Å². The molecule has 0 saturated heterocycles. The number of nitrogens with zero attached hydrogens (tertiary/aromatic N) is 2. The summed E-state index contributed by atoms with van der Waals surface area (Å²) in [5.41, 5.74) is 16.1. The second kappa shape index (κ2) is 9.04. The van der Waals surface area contributed by atoms with Crippen molar-refractivity contribution in [2.24, 2.45) is 0 Å². The van der Waals surface area contributed by atoms with E-state index in [4.69, 9.17) is 14.4 Å². The average molecular weight is 605 g/mol. The molecule has 0 spiro atoms. The van der Waals surface area contributed by atoms with Crippen LogP contribution in [0.15, 0.2) is 126 Å². The minimum Gasteiger partial charge on any atom is -0.456 e. The van der Waals surface area contributed by atoms with Gasteiger partial charge in [0.1, 0.15) is 11.2 Å². The van der Waals surface area contributed by atoms with E-state index in [9.17, 15) is 0 Å². The number of fused-ring (bicyclic) bond motifs is 10. The van der Waals surface area contributed by atoms with Gasteiger partial charge in [-0.25, -0.2) is 9.97 Å². The largest absolute Gasteiger partial charge is 0.456 e. The number of aromatic nitrogens is 2. The Hall–Kier alpha value is -5.54. The monoisotopic (exact) mass is 604 g/mol. The van der Waals surface area contributed by atoms with E-state index in [-0.39, 0.29) is 10.8 Å². The zero-order valence-electron chi connectivity index (χ0n) is 26.8. The van der Waals surface area contributed by atoms with Crippen molar-refractivity contribution in [2.45, 2.75) is 38.5 Å². The molecule has 0 aliphatic heterocycles. The van der Waals surface area contributed by atoms with Gasteiger partial charge in [0, 0.05) is 38.1 Å². The number of furan rings is 1. The minimum atomic E-state index is -0.0949. The van der Waals surface area contributed by atoms with Crippen LogP contribution in [0.25, 0.3) is 77.7 Å². The summed E-state index contributed by atoms with van der Waals surface area (Å²) in [6, 6.07) is 43.6. The van der Waals surface area contributed by atoms with Gasteiger partial charge in [0.2, 0.25) is 0 Å². The van der Waals surface area contributed by atoms with Crippen LogP contribution in [-0.2, 0) is 10.8 Å². The van der Waals surface area contributed by atoms with Crippen LogP contribution in [0.5, 0.6) is 0 Å². The fraction of sp³-hybridized carbons (Fsp3) is 0.136. The highest BCUT2D eigenvalue weighted by Gasteiger charge is 2.37. The summed E-state index contributed by atoms with van der Waals surface area (Å²) < 4.78 is 6.58. The molecule has 8 aromatic rings. The molecule has 3 nitrogen and oxygen atoms in total. The van der Waals surface area contributed by atoms with Crippen molar-refractivity contribution in [3.8, 4) is 44.9 Å². The minimum absolute atomic E-state index is 0.0932. The quantitative estimate of drug-likeness (QED) is 0.197. The zero-order valence-corrected chi connectivity index (χ0v) is 26.8. The summed E-state index contributed by atoms with van der Waals surface area (Å²) in [4.78, 5) is 10.6. The molecule has 0 saturated carbocycles. The predicted octanol–water partition coefficient (Wildman–Crippen LogP) is 11.5. The molecule has 0 unspecified atom stereocenters. The van der Waals surface area contributed by atoms with Gasteiger partial charge < -0.3 is 4.42 Å². The third-order valence-corrected chi connectivity index (χ3v) is 10.9. The molecular formula is C44H32N2O. The molecule has 224 valence electrons. The molecule has 10 rings (SSSR count). The zero-order chi connectivity index (χ0) is 31.7. The molecule has 0 atom stereocenters. The Balaban J connectivity index is 1.21. The fourth-order valence-corrected chi connectivity index (χ4v) is 8.48. The second-order valence-electron chi connectivity index (χ2n) is 14.2.